The fraction of sp³-hybridized carbons (Fsp3) is 0.188. The Balaban J connectivity index is 1.96. The molecule has 3 rings (SSSR count). The van der Waals surface area contributed by atoms with Crippen LogP contribution in [0.2, 0.25) is 0 Å². The van der Waals surface area contributed by atoms with E-state index in [0.29, 0.717) is 0 Å². The van der Waals surface area contributed by atoms with Crippen LogP contribution in [0.4, 0.5) is 0 Å². The smallest absolute Gasteiger partial charge is 0.232 e. The molecule has 2 unspecified atom stereocenters. The lowest BCUT2D eigenvalue weighted by Gasteiger charge is -2.45. The zero-order chi connectivity index (χ0) is 13.4. The van der Waals surface area contributed by atoms with E-state index in [2.05, 4.69) is 28.1 Å². The first-order valence-electron chi connectivity index (χ1n) is 6.25. The lowest BCUT2D eigenvalue weighted by Crippen LogP contribution is -2.50. The molecule has 2 atom stereocenters. The van der Waals surface area contributed by atoms with Gasteiger partial charge >= 0.3 is 0 Å². The molecule has 0 aliphatic carbocycles. The molecular weight excluding hydrogens is 302 g/mol. The van der Waals surface area contributed by atoms with Gasteiger partial charge in [-0.25, -0.2) is 0 Å². The predicted octanol–water partition coefficient (Wildman–Crippen LogP) is 3.75. The van der Waals surface area contributed by atoms with Crippen molar-refractivity contribution in [2.24, 2.45) is 0 Å². The van der Waals surface area contributed by atoms with Crippen LogP contribution < -0.4 is 0 Å². The average molecular weight is 316 g/mol. The predicted molar refractivity (Wildman–Crippen MR) is 78.8 cm³/mol. The third kappa shape index (κ3) is 2.08. The van der Waals surface area contributed by atoms with Crippen LogP contribution in [0, 0.1) is 0 Å². The van der Waals surface area contributed by atoms with Crippen molar-refractivity contribution >= 4 is 21.8 Å². The Hall–Kier alpha value is -1.61. The second-order valence-electron chi connectivity index (χ2n) is 4.83. The largest absolute Gasteiger partial charge is 0.337 e. The maximum atomic E-state index is 12.1. The van der Waals surface area contributed by atoms with Gasteiger partial charge in [-0.2, -0.15) is 0 Å². The third-order valence-corrected chi connectivity index (χ3v) is 4.25. The van der Waals surface area contributed by atoms with E-state index < -0.39 is 0 Å². The van der Waals surface area contributed by atoms with Crippen molar-refractivity contribution in [2.45, 2.75) is 12.0 Å². The summed E-state index contributed by atoms with van der Waals surface area (Å²) in [5.41, 5.74) is 2.28. The maximum absolute atomic E-state index is 12.1. The molecule has 1 aliphatic rings. The number of likely N-dealkylation sites (tertiary alicyclic amines) is 1. The Morgan fingerprint density at radius 1 is 0.947 bits per heavy atom. The number of carbonyl (C=O) groups is 1. The molecule has 0 bridgehead atoms. The molecule has 1 amide bonds. The van der Waals surface area contributed by atoms with Gasteiger partial charge in [-0.05, 0) is 23.3 Å². The number of nitrogens with zero attached hydrogens (tertiary/aromatic N) is 1. The van der Waals surface area contributed by atoms with Crippen molar-refractivity contribution in [3.05, 3.63) is 70.2 Å². The molecule has 0 radical (unpaired) electrons. The van der Waals surface area contributed by atoms with Crippen LogP contribution in [0.5, 0.6) is 0 Å². The van der Waals surface area contributed by atoms with Crippen molar-refractivity contribution in [3.8, 4) is 0 Å². The summed E-state index contributed by atoms with van der Waals surface area (Å²) >= 11 is 3.44. The summed E-state index contributed by atoms with van der Waals surface area (Å²) in [5, 5.41) is 0. The number of amides is 1. The Labute approximate surface area is 121 Å². The maximum Gasteiger partial charge on any atom is 0.232 e. The Morgan fingerprint density at radius 3 is 2.21 bits per heavy atom. The number of halogens is 1. The molecule has 0 saturated carbocycles. The van der Waals surface area contributed by atoms with E-state index in [-0.39, 0.29) is 17.9 Å². The highest BCUT2D eigenvalue weighted by molar-refractivity contribution is 9.10. The summed E-state index contributed by atoms with van der Waals surface area (Å²) in [6.07, 6.45) is 0. The number of β-lactam (4-membered cyclic amide) rings is 1. The van der Waals surface area contributed by atoms with Gasteiger partial charge in [0.25, 0.3) is 0 Å². The fourth-order valence-corrected chi connectivity index (χ4v) is 2.96. The monoisotopic (exact) mass is 315 g/mol. The second-order valence-corrected chi connectivity index (χ2v) is 5.75. The molecule has 3 heteroatoms. The molecule has 2 aromatic carbocycles. The summed E-state index contributed by atoms with van der Waals surface area (Å²) < 4.78 is 1.06. The van der Waals surface area contributed by atoms with Crippen molar-refractivity contribution < 1.29 is 4.79 Å². The highest BCUT2D eigenvalue weighted by Gasteiger charge is 2.46. The molecule has 96 valence electrons. The molecule has 1 fully saturated rings. The first kappa shape index (κ1) is 12.4. The van der Waals surface area contributed by atoms with E-state index >= 15 is 0 Å². The lowest BCUT2D eigenvalue weighted by molar-refractivity contribution is -0.147. The zero-order valence-corrected chi connectivity index (χ0v) is 12.2. The quantitative estimate of drug-likeness (QED) is 0.773. The number of likely N-dealkylation sites (N-methyl/N-ethyl adjacent to an activating group) is 1. The molecular formula is C16H14BrNO. The molecule has 2 nitrogen and oxygen atoms in total. The van der Waals surface area contributed by atoms with Crippen LogP contribution in [-0.4, -0.2) is 17.9 Å². The summed E-state index contributed by atoms with van der Waals surface area (Å²) in [4.78, 5) is 13.9. The summed E-state index contributed by atoms with van der Waals surface area (Å²) in [7, 11) is 1.87. The van der Waals surface area contributed by atoms with E-state index in [4.69, 9.17) is 0 Å². The van der Waals surface area contributed by atoms with Gasteiger partial charge in [-0.3, -0.25) is 4.79 Å². The normalized spacial score (nSPS) is 22.2. The second kappa shape index (κ2) is 4.82. The minimum atomic E-state index is -0.0487. The molecule has 0 spiro atoms. The van der Waals surface area contributed by atoms with Gasteiger partial charge in [0.2, 0.25) is 5.91 Å². The average Bonchev–Trinajstić information content (AvgIpc) is 2.46. The van der Waals surface area contributed by atoms with Crippen molar-refractivity contribution in [2.75, 3.05) is 7.05 Å². The van der Waals surface area contributed by atoms with Gasteiger partial charge in [-0.15, -0.1) is 0 Å². The molecule has 0 aromatic heterocycles. The number of carbonyl (C=O) groups excluding carboxylic acids is 1. The number of rotatable bonds is 2. The molecule has 2 aromatic rings. The van der Waals surface area contributed by atoms with Crippen LogP contribution in [0.1, 0.15) is 23.1 Å². The summed E-state index contributed by atoms with van der Waals surface area (Å²) in [5.74, 6) is 0.145. The van der Waals surface area contributed by atoms with Gasteiger partial charge in [0.1, 0.15) is 0 Å². The number of hydrogen-bond acceptors (Lipinski definition) is 1. The Bertz CT molecular complexity index is 594. The summed E-state index contributed by atoms with van der Waals surface area (Å²) in [6.45, 7) is 0. The van der Waals surface area contributed by atoms with Gasteiger partial charge < -0.3 is 4.90 Å². The highest BCUT2D eigenvalue weighted by Crippen LogP contribution is 2.45. The third-order valence-electron chi connectivity index (χ3n) is 3.72. The van der Waals surface area contributed by atoms with Crippen LogP contribution in [0.25, 0.3) is 0 Å². The van der Waals surface area contributed by atoms with Crippen LogP contribution in [0.15, 0.2) is 59.1 Å². The standard InChI is InChI=1S/C16H14BrNO/c1-18-15(12-7-9-13(17)10-8-12)14(16(18)19)11-5-3-2-4-6-11/h2-10,14-15H,1H3. The molecule has 1 aliphatic heterocycles. The van der Waals surface area contributed by atoms with E-state index in [1.165, 1.54) is 5.56 Å². The van der Waals surface area contributed by atoms with Crippen molar-refractivity contribution in [3.63, 3.8) is 0 Å². The van der Waals surface area contributed by atoms with Crippen molar-refractivity contribution in [1.29, 1.82) is 0 Å². The molecule has 1 heterocycles. The minimum Gasteiger partial charge on any atom is -0.337 e. The minimum absolute atomic E-state index is 0.0487. The van der Waals surface area contributed by atoms with Crippen LogP contribution >= 0.6 is 15.9 Å². The number of hydrogen-bond donors (Lipinski definition) is 0. The van der Waals surface area contributed by atoms with Crippen molar-refractivity contribution in [1.82, 2.24) is 4.90 Å². The highest BCUT2D eigenvalue weighted by atomic mass is 79.9. The first-order valence-corrected chi connectivity index (χ1v) is 7.05. The SMILES string of the molecule is CN1C(=O)C(c2ccccc2)C1c1ccc(Br)cc1. The lowest BCUT2D eigenvalue weighted by atomic mass is 9.78. The van der Waals surface area contributed by atoms with E-state index in [0.717, 1.165) is 10.0 Å². The van der Waals surface area contributed by atoms with E-state index in [1.54, 1.807) is 0 Å². The Kier molecular flexibility index (Phi) is 3.15. The zero-order valence-electron chi connectivity index (χ0n) is 10.6. The number of benzene rings is 2. The fourth-order valence-electron chi connectivity index (χ4n) is 2.69. The van der Waals surface area contributed by atoms with Gasteiger partial charge in [0.05, 0.1) is 12.0 Å². The van der Waals surface area contributed by atoms with Gasteiger partial charge in [0, 0.05) is 11.5 Å². The summed E-state index contributed by atoms with van der Waals surface area (Å²) in [6, 6.07) is 18.3. The first-order chi connectivity index (χ1) is 9.18. The topological polar surface area (TPSA) is 20.3 Å². The van der Waals surface area contributed by atoms with Crippen LogP contribution in [-0.2, 0) is 4.79 Å². The Morgan fingerprint density at radius 2 is 1.58 bits per heavy atom. The van der Waals surface area contributed by atoms with E-state index in [9.17, 15) is 4.79 Å². The van der Waals surface area contributed by atoms with Gasteiger partial charge in [-0.1, -0.05) is 58.4 Å². The molecule has 0 N–H and O–H groups in total. The molecule has 1 saturated heterocycles. The van der Waals surface area contributed by atoms with Crippen LogP contribution in [0.3, 0.4) is 0 Å². The van der Waals surface area contributed by atoms with E-state index in [1.807, 2.05) is 54.4 Å². The molecule has 19 heavy (non-hydrogen) atoms. The van der Waals surface area contributed by atoms with Gasteiger partial charge in [0.15, 0.2) is 0 Å².